The summed E-state index contributed by atoms with van der Waals surface area (Å²) in [6.07, 6.45) is 3.53. The molecule has 0 aliphatic carbocycles. The molecule has 16 heavy (non-hydrogen) atoms. The molecule has 0 saturated heterocycles. The summed E-state index contributed by atoms with van der Waals surface area (Å²) in [6.45, 7) is 0. The van der Waals surface area contributed by atoms with Crippen LogP contribution in [-0.4, -0.2) is 16.2 Å². The van der Waals surface area contributed by atoms with E-state index in [1.807, 2.05) is 6.26 Å². The lowest BCUT2D eigenvalue weighted by Gasteiger charge is -2.04. The fourth-order valence-electron chi connectivity index (χ4n) is 1.27. The topological polar surface area (TPSA) is 25.8 Å². The smallest absolute Gasteiger partial charge is 0.188 e. The second kappa shape index (κ2) is 4.80. The van der Waals surface area contributed by atoms with Crippen LogP contribution in [0.3, 0.4) is 0 Å². The van der Waals surface area contributed by atoms with Crippen LogP contribution in [0.5, 0.6) is 0 Å². The fourth-order valence-corrected chi connectivity index (χ4v) is 1.90. The van der Waals surface area contributed by atoms with Gasteiger partial charge in [0, 0.05) is 11.8 Å². The first-order valence-corrected chi connectivity index (χ1v) is 6.13. The maximum absolute atomic E-state index is 12.8. The molecule has 0 atom stereocenters. The van der Waals surface area contributed by atoms with E-state index >= 15 is 0 Å². The molecule has 0 fully saturated rings. The van der Waals surface area contributed by atoms with Crippen molar-refractivity contribution < 1.29 is 4.39 Å². The molecule has 0 N–H and O–H groups in total. The Morgan fingerprint density at radius 1 is 1.25 bits per heavy atom. The van der Waals surface area contributed by atoms with Crippen molar-refractivity contribution in [3.63, 3.8) is 0 Å². The Balaban J connectivity index is 2.44. The van der Waals surface area contributed by atoms with Crippen LogP contribution in [0.25, 0.3) is 11.1 Å². The van der Waals surface area contributed by atoms with E-state index in [9.17, 15) is 4.39 Å². The van der Waals surface area contributed by atoms with E-state index in [2.05, 4.69) is 9.97 Å². The van der Waals surface area contributed by atoms with Gasteiger partial charge in [0.05, 0.1) is 0 Å². The molecule has 0 aliphatic rings. The summed E-state index contributed by atoms with van der Waals surface area (Å²) in [5.41, 5.74) is 1.51. The minimum atomic E-state index is -0.276. The van der Waals surface area contributed by atoms with E-state index in [-0.39, 0.29) is 5.82 Å². The van der Waals surface area contributed by atoms with Gasteiger partial charge in [-0.05, 0) is 24.0 Å². The Kier molecular flexibility index (Phi) is 3.41. The number of thioether (sulfide) groups is 1. The Morgan fingerprint density at radius 2 is 1.94 bits per heavy atom. The van der Waals surface area contributed by atoms with Crippen LogP contribution < -0.4 is 0 Å². The molecule has 0 bridgehead atoms. The summed E-state index contributed by atoms with van der Waals surface area (Å²) in [7, 11) is 0. The van der Waals surface area contributed by atoms with Gasteiger partial charge in [-0.15, -0.1) is 0 Å². The van der Waals surface area contributed by atoms with Gasteiger partial charge in [-0.25, -0.2) is 14.4 Å². The first-order chi connectivity index (χ1) is 7.70. The lowest BCUT2D eigenvalue weighted by molar-refractivity contribution is 0.628. The molecule has 0 aliphatic heterocycles. The molecule has 0 saturated carbocycles. The summed E-state index contributed by atoms with van der Waals surface area (Å²) in [4.78, 5) is 8.24. The van der Waals surface area contributed by atoms with Crippen molar-refractivity contribution in [2.24, 2.45) is 0 Å². The van der Waals surface area contributed by atoms with Gasteiger partial charge in [-0.2, -0.15) is 0 Å². The molecule has 2 aromatic rings. The zero-order valence-corrected chi connectivity index (χ0v) is 10.0. The van der Waals surface area contributed by atoms with Crippen molar-refractivity contribution >= 4 is 23.4 Å². The normalized spacial score (nSPS) is 10.4. The Bertz CT molecular complexity index is 502. The average Bonchev–Trinajstić information content (AvgIpc) is 2.30. The number of benzene rings is 1. The van der Waals surface area contributed by atoms with E-state index in [0.717, 1.165) is 5.56 Å². The molecule has 1 heterocycles. The monoisotopic (exact) mass is 254 g/mol. The first-order valence-electron chi connectivity index (χ1n) is 4.53. The molecule has 5 heteroatoms. The number of hydrogen-bond donors (Lipinski definition) is 0. The maximum Gasteiger partial charge on any atom is 0.188 e. The van der Waals surface area contributed by atoms with Crippen molar-refractivity contribution in [1.82, 2.24) is 9.97 Å². The third kappa shape index (κ3) is 2.33. The molecule has 1 aromatic carbocycles. The highest BCUT2D eigenvalue weighted by Crippen LogP contribution is 2.26. The second-order valence-corrected chi connectivity index (χ2v) is 4.20. The van der Waals surface area contributed by atoms with Crippen LogP contribution in [0.1, 0.15) is 0 Å². The molecule has 82 valence electrons. The lowest BCUT2D eigenvalue weighted by Crippen LogP contribution is -1.89. The van der Waals surface area contributed by atoms with Gasteiger partial charge in [0.25, 0.3) is 0 Å². The molecule has 0 amide bonds. The van der Waals surface area contributed by atoms with Crippen LogP contribution in [0.15, 0.2) is 35.6 Å². The highest BCUT2D eigenvalue weighted by molar-refractivity contribution is 7.98. The molecular weight excluding hydrogens is 247 g/mol. The summed E-state index contributed by atoms with van der Waals surface area (Å²) in [5, 5.41) is 1.00. The van der Waals surface area contributed by atoms with Gasteiger partial charge in [-0.1, -0.05) is 35.5 Å². The standard InChI is InChI=1S/C11H8ClFN2S/c1-16-11-14-6-9(10(12)15-11)7-2-4-8(13)5-3-7/h2-6H,1H3. The minimum Gasteiger partial charge on any atom is -0.230 e. The molecule has 1 aromatic heterocycles. The predicted octanol–water partition coefficient (Wildman–Crippen LogP) is 3.66. The quantitative estimate of drug-likeness (QED) is 0.465. The molecule has 0 unspecified atom stereocenters. The minimum absolute atomic E-state index is 0.276. The van der Waals surface area contributed by atoms with Gasteiger partial charge < -0.3 is 0 Å². The number of halogens is 2. The highest BCUT2D eigenvalue weighted by atomic mass is 35.5. The molecule has 2 rings (SSSR count). The summed E-state index contributed by atoms with van der Waals surface area (Å²) >= 11 is 7.45. The lowest BCUT2D eigenvalue weighted by atomic mass is 10.1. The van der Waals surface area contributed by atoms with E-state index < -0.39 is 0 Å². The van der Waals surface area contributed by atoms with E-state index in [4.69, 9.17) is 11.6 Å². The largest absolute Gasteiger partial charge is 0.230 e. The summed E-state index contributed by atoms with van der Waals surface area (Å²) in [6, 6.07) is 6.07. The van der Waals surface area contributed by atoms with E-state index in [0.29, 0.717) is 15.9 Å². The zero-order valence-electron chi connectivity index (χ0n) is 8.45. The molecular formula is C11H8ClFN2S. The zero-order chi connectivity index (χ0) is 11.5. The van der Waals surface area contributed by atoms with Crippen molar-refractivity contribution in [3.05, 3.63) is 41.4 Å². The van der Waals surface area contributed by atoms with Gasteiger partial charge in [0.1, 0.15) is 11.0 Å². The van der Waals surface area contributed by atoms with Gasteiger partial charge in [0.15, 0.2) is 5.16 Å². The molecule has 2 nitrogen and oxygen atoms in total. The van der Waals surface area contributed by atoms with E-state index in [1.54, 1.807) is 18.3 Å². The van der Waals surface area contributed by atoms with Crippen LogP contribution in [-0.2, 0) is 0 Å². The van der Waals surface area contributed by atoms with Crippen LogP contribution in [0.4, 0.5) is 4.39 Å². The van der Waals surface area contributed by atoms with Crippen molar-refractivity contribution in [2.45, 2.75) is 5.16 Å². The van der Waals surface area contributed by atoms with Crippen LogP contribution in [0, 0.1) is 5.82 Å². The highest BCUT2D eigenvalue weighted by Gasteiger charge is 2.06. The van der Waals surface area contributed by atoms with Crippen molar-refractivity contribution in [1.29, 1.82) is 0 Å². The fraction of sp³-hybridized carbons (Fsp3) is 0.0909. The Labute approximate surface area is 102 Å². The van der Waals surface area contributed by atoms with E-state index in [1.165, 1.54) is 23.9 Å². The first kappa shape index (κ1) is 11.4. The molecule has 0 radical (unpaired) electrons. The third-order valence-electron chi connectivity index (χ3n) is 2.06. The van der Waals surface area contributed by atoms with Crippen LogP contribution >= 0.6 is 23.4 Å². The predicted molar refractivity (Wildman–Crippen MR) is 64.2 cm³/mol. The number of rotatable bonds is 2. The summed E-state index contributed by atoms with van der Waals surface area (Å²) < 4.78 is 12.8. The number of aromatic nitrogens is 2. The van der Waals surface area contributed by atoms with Gasteiger partial charge >= 0.3 is 0 Å². The van der Waals surface area contributed by atoms with Gasteiger partial charge in [-0.3, -0.25) is 0 Å². The number of nitrogens with zero attached hydrogens (tertiary/aromatic N) is 2. The molecule has 0 spiro atoms. The Hall–Kier alpha value is -1.13. The average molecular weight is 255 g/mol. The maximum atomic E-state index is 12.8. The van der Waals surface area contributed by atoms with Crippen molar-refractivity contribution in [2.75, 3.05) is 6.26 Å². The SMILES string of the molecule is CSc1ncc(-c2ccc(F)cc2)c(Cl)n1. The summed E-state index contributed by atoms with van der Waals surface area (Å²) in [5.74, 6) is -0.276. The second-order valence-electron chi connectivity index (χ2n) is 3.07. The van der Waals surface area contributed by atoms with Crippen LogP contribution in [0.2, 0.25) is 5.15 Å². The van der Waals surface area contributed by atoms with Gasteiger partial charge in [0.2, 0.25) is 0 Å². The Morgan fingerprint density at radius 3 is 2.50 bits per heavy atom. The van der Waals surface area contributed by atoms with Crippen molar-refractivity contribution in [3.8, 4) is 11.1 Å². The number of hydrogen-bond acceptors (Lipinski definition) is 3. The third-order valence-corrected chi connectivity index (χ3v) is 2.91.